The number of hydrogen-bond acceptors (Lipinski definition) is 2. The maximum atomic E-state index is 13.1. The normalized spacial score (nSPS) is 23.2. The number of fused-ring (bicyclic) bond motifs is 2. The van der Waals surface area contributed by atoms with Gasteiger partial charge in [0.05, 0.1) is 5.92 Å². The smallest absolute Gasteiger partial charge is 0.228 e. The van der Waals surface area contributed by atoms with Gasteiger partial charge in [0.2, 0.25) is 5.91 Å². The van der Waals surface area contributed by atoms with E-state index in [-0.39, 0.29) is 11.8 Å². The highest BCUT2D eigenvalue weighted by molar-refractivity contribution is 5.99. The molecule has 1 amide bonds. The highest BCUT2D eigenvalue weighted by Crippen LogP contribution is 2.41. The minimum Gasteiger partial charge on any atom is -0.353 e. The molecule has 32 heavy (non-hydrogen) atoms. The van der Waals surface area contributed by atoms with E-state index in [0.717, 1.165) is 32.4 Å². The van der Waals surface area contributed by atoms with Gasteiger partial charge in [0.15, 0.2) is 0 Å². The maximum Gasteiger partial charge on any atom is 0.228 e. The molecular weight excluding hydrogens is 394 g/mol. The van der Waals surface area contributed by atoms with Crippen molar-refractivity contribution in [2.75, 3.05) is 13.6 Å². The van der Waals surface area contributed by atoms with Gasteiger partial charge in [-0.15, -0.1) is 0 Å². The number of nitrogens with one attached hydrogen (secondary N) is 1. The van der Waals surface area contributed by atoms with Crippen molar-refractivity contribution in [2.24, 2.45) is 5.92 Å². The van der Waals surface area contributed by atoms with Crippen molar-refractivity contribution in [3.8, 4) is 0 Å². The molecule has 0 spiro atoms. The van der Waals surface area contributed by atoms with Crippen LogP contribution in [0.15, 0.2) is 60.8 Å². The number of carbonyl (C=O) groups excluding carboxylic acids is 1. The largest absolute Gasteiger partial charge is 0.353 e. The van der Waals surface area contributed by atoms with E-state index >= 15 is 0 Å². The summed E-state index contributed by atoms with van der Waals surface area (Å²) in [5, 5.41) is 4.70. The lowest BCUT2D eigenvalue weighted by molar-refractivity contribution is -0.125. The summed E-state index contributed by atoms with van der Waals surface area (Å²) in [6.45, 7) is 1.68. The van der Waals surface area contributed by atoms with Crippen molar-refractivity contribution in [3.05, 3.63) is 77.5 Å². The third kappa shape index (κ3) is 3.38. The van der Waals surface area contributed by atoms with Gasteiger partial charge in [0, 0.05) is 42.3 Å². The molecule has 0 radical (unpaired) electrons. The Balaban J connectivity index is 1.37. The molecule has 2 aliphatic carbocycles. The Hall–Kier alpha value is -2.85. The van der Waals surface area contributed by atoms with Crippen molar-refractivity contribution >= 4 is 22.4 Å². The average Bonchev–Trinajstić information content (AvgIpc) is 3.44. The molecule has 1 N–H and O–H groups in total. The van der Waals surface area contributed by atoms with E-state index in [9.17, 15) is 4.79 Å². The molecule has 1 aliphatic heterocycles. The third-order valence-electron chi connectivity index (χ3n) is 7.70. The van der Waals surface area contributed by atoms with Crippen LogP contribution in [0.25, 0.3) is 16.5 Å². The summed E-state index contributed by atoms with van der Waals surface area (Å²) >= 11 is 0. The Labute approximate surface area is 189 Å². The zero-order valence-corrected chi connectivity index (χ0v) is 18.8. The lowest BCUT2D eigenvalue weighted by Crippen LogP contribution is -2.47. The van der Waals surface area contributed by atoms with E-state index in [0.29, 0.717) is 12.1 Å². The number of amides is 1. The highest BCUT2D eigenvalue weighted by atomic mass is 16.2. The molecule has 0 saturated heterocycles. The van der Waals surface area contributed by atoms with E-state index < -0.39 is 0 Å². The molecular formula is C28H31N3O. The van der Waals surface area contributed by atoms with E-state index in [4.69, 9.17) is 0 Å². The molecule has 0 unspecified atom stereocenters. The van der Waals surface area contributed by atoms with E-state index in [1.807, 2.05) is 0 Å². The number of nitrogens with zero attached hydrogens (tertiary/aromatic N) is 2. The summed E-state index contributed by atoms with van der Waals surface area (Å²) in [4.78, 5) is 15.5. The number of likely N-dealkylation sites (N-methyl/N-ethyl adjacent to an activating group) is 1. The van der Waals surface area contributed by atoms with Gasteiger partial charge in [0.1, 0.15) is 0 Å². The summed E-state index contributed by atoms with van der Waals surface area (Å²) in [5.74, 6) is 0.129. The lowest BCUT2D eigenvalue weighted by Gasteiger charge is -2.39. The van der Waals surface area contributed by atoms with Gasteiger partial charge < -0.3 is 9.88 Å². The monoisotopic (exact) mass is 425 g/mol. The molecule has 2 atom stereocenters. The first kappa shape index (κ1) is 19.8. The Kier molecular flexibility index (Phi) is 4.91. The van der Waals surface area contributed by atoms with Crippen LogP contribution in [0.5, 0.6) is 0 Å². The molecule has 1 fully saturated rings. The predicted octanol–water partition coefficient (Wildman–Crippen LogP) is 4.62. The van der Waals surface area contributed by atoms with Crippen LogP contribution >= 0.6 is 0 Å². The third-order valence-corrected chi connectivity index (χ3v) is 7.70. The van der Waals surface area contributed by atoms with Crippen molar-refractivity contribution in [1.82, 2.24) is 14.8 Å². The molecule has 4 heteroatoms. The van der Waals surface area contributed by atoms with Gasteiger partial charge in [-0.2, -0.15) is 0 Å². The number of benzene rings is 2. The van der Waals surface area contributed by atoms with Gasteiger partial charge in [-0.1, -0.05) is 61.4 Å². The predicted molar refractivity (Wildman–Crippen MR) is 129 cm³/mol. The molecule has 2 heterocycles. The summed E-state index contributed by atoms with van der Waals surface area (Å²) in [5.41, 5.74) is 6.68. The van der Waals surface area contributed by atoms with Gasteiger partial charge in [-0.25, -0.2) is 0 Å². The number of aromatic nitrogens is 1. The Morgan fingerprint density at radius 2 is 1.88 bits per heavy atom. The van der Waals surface area contributed by atoms with Crippen LogP contribution in [-0.2, 0) is 17.8 Å². The molecule has 2 aromatic carbocycles. The van der Waals surface area contributed by atoms with Crippen molar-refractivity contribution in [1.29, 1.82) is 0 Å². The minimum atomic E-state index is -0.0740. The van der Waals surface area contributed by atoms with Crippen LogP contribution in [0, 0.1) is 5.92 Å². The highest BCUT2D eigenvalue weighted by Gasteiger charge is 2.36. The molecule has 1 aromatic heterocycles. The zero-order valence-electron chi connectivity index (χ0n) is 18.8. The molecule has 3 aromatic rings. The lowest BCUT2D eigenvalue weighted by atomic mass is 9.80. The van der Waals surface area contributed by atoms with Crippen molar-refractivity contribution in [2.45, 2.75) is 50.7 Å². The quantitative estimate of drug-likeness (QED) is 0.662. The first-order valence-corrected chi connectivity index (χ1v) is 12.0. The second-order valence-electron chi connectivity index (χ2n) is 9.85. The minimum absolute atomic E-state index is 0.0740. The van der Waals surface area contributed by atoms with Crippen molar-refractivity contribution in [3.63, 3.8) is 0 Å². The van der Waals surface area contributed by atoms with Crippen molar-refractivity contribution < 1.29 is 4.79 Å². The molecule has 1 saturated carbocycles. The molecule has 4 nitrogen and oxygen atoms in total. The van der Waals surface area contributed by atoms with E-state index in [1.54, 1.807) is 0 Å². The molecule has 164 valence electrons. The number of rotatable bonds is 4. The summed E-state index contributed by atoms with van der Waals surface area (Å²) in [6.07, 6.45) is 10.4. The fraction of sp³-hybridized carbons (Fsp3) is 0.393. The van der Waals surface area contributed by atoms with E-state index in [1.165, 1.54) is 46.0 Å². The first-order valence-electron chi connectivity index (χ1n) is 12.0. The van der Waals surface area contributed by atoms with E-state index in [2.05, 4.69) is 82.6 Å². The Bertz CT molecular complexity index is 1190. The number of hydrogen-bond donors (Lipinski definition) is 1. The summed E-state index contributed by atoms with van der Waals surface area (Å²) < 4.78 is 2.39. The summed E-state index contributed by atoms with van der Waals surface area (Å²) in [7, 11) is 2.18. The second kappa shape index (κ2) is 7.93. The zero-order chi connectivity index (χ0) is 21.7. The standard InChI is InChI=1S/C28H31N3O/c1-30-17-21(28(32)29-22-10-5-6-11-22)14-24-23-12-7-13-25-27(23)20(15-26(24)30)18-31(25)16-19-8-3-2-4-9-19/h2-4,7-9,12-14,18,21-22,26H,5-6,10-11,15-17H2,1H3,(H,29,32)/t21-,26-/m1/s1. The van der Waals surface area contributed by atoms with Gasteiger partial charge in [0.25, 0.3) is 0 Å². The topological polar surface area (TPSA) is 37.3 Å². The van der Waals surface area contributed by atoms with Crippen LogP contribution in [-0.4, -0.2) is 41.1 Å². The maximum absolute atomic E-state index is 13.1. The Morgan fingerprint density at radius 3 is 2.69 bits per heavy atom. The Morgan fingerprint density at radius 1 is 1.06 bits per heavy atom. The molecule has 6 rings (SSSR count). The fourth-order valence-electron chi connectivity index (χ4n) is 6.08. The van der Waals surface area contributed by atoms with Crippen LogP contribution < -0.4 is 5.32 Å². The number of carbonyl (C=O) groups is 1. The van der Waals surface area contributed by atoms with Crippen LogP contribution in [0.1, 0.15) is 42.4 Å². The van der Waals surface area contributed by atoms with Gasteiger partial charge in [-0.3, -0.25) is 9.69 Å². The van der Waals surface area contributed by atoms with Crippen LogP contribution in [0.3, 0.4) is 0 Å². The van der Waals surface area contributed by atoms with Crippen LogP contribution in [0.4, 0.5) is 0 Å². The molecule has 3 aliphatic rings. The SMILES string of the molecule is CN1C[C@H](C(=O)NC2CCCC2)C=C2c3cccc4c3c(cn4Cc3ccccc3)C[C@H]21. The second-order valence-corrected chi connectivity index (χ2v) is 9.85. The van der Waals surface area contributed by atoms with Gasteiger partial charge >= 0.3 is 0 Å². The summed E-state index contributed by atoms with van der Waals surface area (Å²) in [6, 6.07) is 18.1. The van der Waals surface area contributed by atoms with Crippen LogP contribution in [0.2, 0.25) is 0 Å². The first-order chi connectivity index (χ1) is 15.7. The molecule has 0 bridgehead atoms. The van der Waals surface area contributed by atoms with Gasteiger partial charge in [-0.05, 0) is 54.6 Å². The average molecular weight is 426 g/mol. The fourth-order valence-corrected chi connectivity index (χ4v) is 6.08.